The van der Waals surface area contributed by atoms with Crippen molar-refractivity contribution in [3.8, 4) is 5.75 Å². The van der Waals surface area contributed by atoms with E-state index in [0.29, 0.717) is 23.9 Å². The Bertz CT molecular complexity index is 480. The van der Waals surface area contributed by atoms with Crippen LogP contribution in [0, 0.1) is 0 Å². The van der Waals surface area contributed by atoms with Gasteiger partial charge in [-0.15, -0.1) is 13.2 Å². The van der Waals surface area contributed by atoms with Crippen molar-refractivity contribution >= 4 is 27.5 Å². The van der Waals surface area contributed by atoms with E-state index in [1.165, 1.54) is 12.1 Å². The number of benzene rings is 1. The third-order valence-corrected chi connectivity index (χ3v) is 2.72. The molecular weight excluding hydrogens is 343 g/mol. The van der Waals surface area contributed by atoms with Crippen LogP contribution in [-0.2, 0) is 0 Å². The maximum atomic E-state index is 12.3. The Kier molecular flexibility index (Phi) is 5.93. The van der Waals surface area contributed by atoms with E-state index in [9.17, 15) is 13.2 Å². The number of nitrogens with zero attached hydrogens (tertiary/aromatic N) is 1. The van der Waals surface area contributed by atoms with Gasteiger partial charge in [-0.1, -0.05) is 21.1 Å². The van der Waals surface area contributed by atoms with E-state index < -0.39 is 6.36 Å². The smallest absolute Gasteiger partial charge is 0.409 e. The van der Waals surface area contributed by atoms with Crippen molar-refractivity contribution in [3.63, 3.8) is 0 Å². The molecule has 0 bridgehead atoms. The Hall–Kier alpha value is -1.64. The molecule has 1 aromatic carbocycles. The van der Waals surface area contributed by atoms with E-state index in [-0.39, 0.29) is 17.3 Å². The Balaban J connectivity index is 2.65. The molecular formula is C11H13BrF3N3O2. The molecule has 5 nitrogen and oxygen atoms in total. The molecule has 0 unspecified atom stereocenters. The van der Waals surface area contributed by atoms with E-state index in [0.717, 1.165) is 0 Å². The van der Waals surface area contributed by atoms with Crippen LogP contribution in [0.15, 0.2) is 27.8 Å². The van der Waals surface area contributed by atoms with Crippen molar-refractivity contribution in [1.29, 1.82) is 0 Å². The van der Waals surface area contributed by atoms with Gasteiger partial charge in [0.1, 0.15) is 5.84 Å². The Morgan fingerprint density at radius 2 is 2.15 bits per heavy atom. The van der Waals surface area contributed by atoms with Crippen molar-refractivity contribution in [1.82, 2.24) is 0 Å². The van der Waals surface area contributed by atoms with Crippen molar-refractivity contribution in [3.05, 3.63) is 22.7 Å². The standard InChI is InChI=1S/C11H13BrF3N3O2/c12-7-3-4-8(9(6-7)20-11(13,14)15)17-5-1-2-10(16)18-19/h3-4,6,17,19H,1-2,5H2,(H2,16,18). The van der Waals surface area contributed by atoms with Gasteiger partial charge in [-0.3, -0.25) is 0 Å². The van der Waals surface area contributed by atoms with Crippen molar-refractivity contribution in [2.75, 3.05) is 11.9 Å². The monoisotopic (exact) mass is 355 g/mol. The number of hydrogen-bond donors (Lipinski definition) is 3. The largest absolute Gasteiger partial charge is 0.573 e. The average molecular weight is 356 g/mol. The molecule has 0 atom stereocenters. The average Bonchev–Trinajstić information content (AvgIpc) is 2.34. The van der Waals surface area contributed by atoms with Crippen LogP contribution in [0.4, 0.5) is 18.9 Å². The lowest BCUT2D eigenvalue weighted by molar-refractivity contribution is -0.274. The van der Waals surface area contributed by atoms with Crippen LogP contribution >= 0.6 is 15.9 Å². The summed E-state index contributed by atoms with van der Waals surface area (Å²) in [5.41, 5.74) is 5.49. The predicted octanol–water partition coefficient (Wildman–Crippen LogP) is 3.29. The third kappa shape index (κ3) is 6.00. The molecule has 0 aliphatic heterocycles. The van der Waals surface area contributed by atoms with E-state index >= 15 is 0 Å². The lowest BCUT2D eigenvalue weighted by atomic mass is 10.2. The van der Waals surface area contributed by atoms with Crippen molar-refractivity contribution in [2.24, 2.45) is 10.9 Å². The highest BCUT2D eigenvalue weighted by Crippen LogP contribution is 2.32. The zero-order valence-corrected chi connectivity index (χ0v) is 11.8. The molecule has 0 saturated heterocycles. The first-order valence-corrected chi connectivity index (χ1v) is 6.36. The van der Waals surface area contributed by atoms with Gasteiger partial charge in [-0.2, -0.15) is 0 Å². The van der Waals surface area contributed by atoms with Crippen molar-refractivity contribution < 1.29 is 23.1 Å². The summed E-state index contributed by atoms with van der Waals surface area (Å²) in [6.07, 6.45) is -3.93. The molecule has 0 amide bonds. The number of oxime groups is 1. The van der Waals surface area contributed by atoms with Gasteiger partial charge in [0, 0.05) is 17.4 Å². The number of rotatable bonds is 6. The number of hydrogen-bond acceptors (Lipinski definition) is 4. The summed E-state index contributed by atoms with van der Waals surface area (Å²) in [6.45, 7) is 0.353. The maximum absolute atomic E-state index is 12.3. The second-order valence-corrected chi connectivity index (χ2v) is 4.73. The van der Waals surface area contributed by atoms with Crippen LogP contribution in [-0.4, -0.2) is 23.9 Å². The number of halogens is 4. The van der Waals surface area contributed by atoms with E-state index in [2.05, 4.69) is 31.1 Å². The highest BCUT2D eigenvalue weighted by molar-refractivity contribution is 9.10. The number of ether oxygens (including phenoxy) is 1. The highest BCUT2D eigenvalue weighted by Gasteiger charge is 2.32. The topological polar surface area (TPSA) is 79.9 Å². The molecule has 0 aliphatic carbocycles. The molecule has 0 heterocycles. The summed E-state index contributed by atoms with van der Waals surface area (Å²) < 4.78 is 41.2. The first-order chi connectivity index (χ1) is 9.31. The number of amidine groups is 1. The normalized spacial score (nSPS) is 12.3. The number of alkyl halides is 3. The number of anilines is 1. The molecule has 20 heavy (non-hydrogen) atoms. The molecule has 0 saturated carbocycles. The second-order valence-electron chi connectivity index (χ2n) is 3.81. The molecule has 1 rings (SSSR count). The molecule has 9 heteroatoms. The number of nitrogens with two attached hydrogens (primary N) is 1. The molecule has 4 N–H and O–H groups in total. The molecule has 1 aromatic rings. The third-order valence-electron chi connectivity index (χ3n) is 2.22. The lowest BCUT2D eigenvalue weighted by Crippen LogP contribution is -2.18. The highest BCUT2D eigenvalue weighted by atomic mass is 79.9. The van der Waals surface area contributed by atoms with Gasteiger partial charge >= 0.3 is 6.36 Å². The summed E-state index contributed by atoms with van der Waals surface area (Å²) in [5.74, 6) is -0.259. The number of nitrogens with one attached hydrogen (secondary N) is 1. The summed E-state index contributed by atoms with van der Waals surface area (Å²) >= 11 is 3.08. The van der Waals surface area contributed by atoms with Gasteiger partial charge in [0.15, 0.2) is 5.75 Å². The molecule has 112 valence electrons. The fourth-order valence-electron chi connectivity index (χ4n) is 1.39. The first-order valence-electron chi connectivity index (χ1n) is 5.57. The van der Waals surface area contributed by atoms with Gasteiger partial charge in [-0.05, 0) is 24.6 Å². The first kappa shape index (κ1) is 16.4. The summed E-state index contributed by atoms with van der Waals surface area (Å²) in [7, 11) is 0. The molecule has 0 radical (unpaired) electrons. The van der Waals surface area contributed by atoms with Crippen molar-refractivity contribution in [2.45, 2.75) is 19.2 Å². The SMILES string of the molecule is N/C(CCCNc1ccc(Br)cc1OC(F)(F)F)=N/O. The van der Waals surface area contributed by atoms with Crippen LogP contribution in [0.5, 0.6) is 5.75 Å². The molecule has 0 aromatic heterocycles. The Morgan fingerprint density at radius 1 is 1.45 bits per heavy atom. The maximum Gasteiger partial charge on any atom is 0.573 e. The minimum Gasteiger partial charge on any atom is -0.409 e. The summed E-state index contributed by atoms with van der Waals surface area (Å²) in [5, 5.41) is 13.9. The molecule has 0 aliphatic rings. The van der Waals surface area contributed by atoms with Crippen LogP contribution in [0.1, 0.15) is 12.8 Å². The fourth-order valence-corrected chi connectivity index (χ4v) is 1.73. The Labute approximate surface area is 121 Å². The van der Waals surface area contributed by atoms with Gasteiger partial charge in [0.05, 0.1) is 5.69 Å². The van der Waals surface area contributed by atoms with Crippen LogP contribution in [0.25, 0.3) is 0 Å². The zero-order chi connectivity index (χ0) is 15.2. The van der Waals surface area contributed by atoms with E-state index in [1.54, 1.807) is 6.07 Å². The zero-order valence-electron chi connectivity index (χ0n) is 10.2. The van der Waals surface area contributed by atoms with Gasteiger partial charge in [0.2, 0.25) is 0 Å². The predicted molar refractivity (Wildman–Crippen MR) is 72.0 cm³/mol. The van der Waals surface area contributed by atoms with Gasteiger partial charge in [0.25, 0.3) is 0 Å². The summed E-state index contributed by atoms with van der Waals surface area (Å²) in [6, 6.07) is 4.28. The molecule has 0 fully saturated rings. The van der Waals surface area contributed by atoms with E-state index in [4.69, 9.17) is 10.9 Å². The lowest BCUT2D eigenvalue weighted by Gasteiger charge is -2.15. The Morgan fingerprint density at radius 3 is 2.75 bits per heavy atom. The van der Waals surface area contributed by atoms with Crippen LogP contribution in [0.3, 0.4) is 0 Å². The van der Waals surface area contributed by atoms with Crippen LogP contribution < -0.4 is 15.8 Å². The summed E-state index contributed by atoms with van der Waals surface area (Å²) in [4.78, 5) is 0. The van der Waals surface area contributed by atoms with E-state index in [1.807, 2.05) is 0 Å². The minimum absolute atomic E-state index is 0.0642. The van der Waals surface area contributed by atoms with Gasteiger partial charge < -0.3 is 21.0 Å². The van der Waals surface area contributed by atoms with Crippen LogP contribution in [0.2, 0.25) is 0 Å². The molecule has 0 spiro atoms. The fraction of sp³-hybridized carbons (Fsp3) is 0.364. The minimum atomic E-state index is -4.76. The van der Waals surface area contributed by atoms with Gasteiger partial charge in [-0.25, -0.2) is 0 Å². The quantitative estimate of drug-likeness (QED) is 0.240. The second kappa shape index (κ2) is 7.22.